The highest BCUT2D eigenvalue weighted by molar-refractivity contribution is 5.75. The van der Waals surface area contributed by atoms with Gasteiger partial charge in [-0.05, 0) is 18.8 Å². The first kappa shape index (κ1) is 13.5. The van der Waals surface area contributed by atoms with Crippen molar-refractivity contribution in [3.05, 3.63) is 6.92 Å². The SMILES string of the molecule is [CH2]CCC(C)CNC(=O)CCCCC. The van der Waals surface area contributed by atoms with E-state index in [1.54, 1.807) is 0 Å². The Kier molecular flexibility index (Phi) is 8.70. The topological polar surface area (TPSA) is 29.1 Å². The van der Waals surface area contributed by atoms with Crippen molar-refractivity contribution in [2.24, 2.45) is 5.92 Å². The molecule has 0 aromatic rings. The van der Waals surface area contributed by atoms with Gasteiger partial charge in [0.15, 0.2) is 0 Å². The highest BCUT2D eigenvalue weighted by Gasteiger charge is 2.03. The number of carbonyl (C=O) groups excluding carboxylic acids is 1. The van der Waals surface area contributed by atoms with Gasteiger partial charge < -0.3 is 5.32 Å². The molecule has 0 fully saturated rings. The third kappa shape index (κ3) is 8.09. The van der Waals surface area contributed by atoms with E-state index in [9.17, 15) is 4.79 Å². The first-order valence-corrected chi connectivity index (χ1v) is 5.76. The van der Waals surface area contributed by atoms with Gasteiger partial charge in [0.2, 0.25) is 5.91 Å². The van der Waals surface area contributed by atoms with Crippen molar-refractivity contribution in [3.8, 4) is 0 Å². The van der Waals surface area contributed by atoms with Crippen LogP contribution in [0.4, 0.5) is 0 Å². The fraction of sp³-hybridized carbons (Fsp3) is 0.833. The molecule has 0 heterocycles. The second-order valence-electron chi connectivity index (χ2n) is 4.01. The van der Waals surface area contributed by atoms with Gasteiger partial charge in [-0.2, -0.15) is 0 Å². The Hall–Kier alpha value is -0.530. The number of rotatable bonds is 8. The van der Waals surface area contributed by atoms with E-state index in [-0.39, 0.29) is 5.91 Å². The molecule has 0 aromatic heterocycles. The van der Waals surface area contributed by atoms with Crippen molar-refractivity contribution in [1.82, 2.24) is 5.32 Å². The second kappa shape index (κ2) is 9.04. The van der Waals surface area contributed by atoms with Gasteiger partial charge in [0.1, 0.15) is 0 Å². The van der Waals surface area contributed by atoms with Crippen LogP contribution in [0.3, 0.4) is 0 Å². The Morgan fingerprint density at radius 1 is 1.43 bits per heavy atom. The summed E-state index contributed by atoms with van der Waals surface area (Å²) in [6.07, 6.45) is 6.08. The third-order valence-electron chi connectivity index (χ3n) is 2.35. The fourth-order valence-electron chi connectivity index (χ4n) is 1.36. The molecule has 1 atom stereocenters. The summed E-state index contributed by atoms with van der Waals surface area (Å²) in [7, 11) is 0. The molecule has 0 spiro atoms. The van der Waals surface area contributed by atoms with Gasteiger partial charge in [0.05, 0.1) is 0 Å². The lowest BCUT2D eigenvalue weighted by Gasteiger charge is -2.11. The molecule has 83 valence electrons. The minimum absolute atomic E-state index is 0.203. The number of hydrogen-bond acceptors (Lipinski definition) is 1. The number of unbranched alkanes of at least 4 members (excludes halogenated alkanes) is 2. The summed E-state index contributed by atoms with van der Waals surface area (Å²) < 4.78 is 0. The average Bonchev–Trinajstić information content (AvgIpc) is 2.16. The second-order valence-corrected chi connectivity index (χ2v) is 4.01. The Morgan fingerprint density at radius 3 is 2.71 bits per heavy atom. The first-order chi connectivity index (χ1) is 6.70. The molecular weight excluding hydrogens is 174 g/mol. The van der Waals surface area contributed by atoms with E-state index in [1.807, 2.05) is 0 Å². The number of amides is 1. The van der Waals surface area contributed by atoms with Crippen LogP contribution in [0.2, 0.25) is 0 Å². The maximum absolute atomic E-state index is 11.3. The van der Waals surface area contributed by atoms with E-state index >= 15 is 0 Å². The summed E-state index contributed by atoms with van der Waals surface area (Å²) >= 11 is 0. The lowest BCUT2D eigenvalue weighted by molar-refractivity contribution is -0.121. The molecule has 0 aliphatic rings. The number of hydrogen-bond donors (Lipinski definition) is 1. The minimum Gasteiger partial charge on any atom is -0.356 e. The van der Waals surface area contributed by atoms with Crippen LogP contribution in [0.1, 0.15) is 52.4 Å². The molecule has 0 saturated carbocycles. The maximum atomic E-state index is 11.3. The normalized spacial score (nSPS) is 12.5. The molecule has 0 saturated heterocycles. The molecule has 2 heteroatoms. The molecule has 0 aliphatic carbocycles. The van der Waals surface area contributed by atoms with Crippen molar-refractivity contribution in [2.75, 3.05) is 6.54 Å². The van der Waals surface area contributed by atoms with E-state index in [2.05, 4.69) is 26.1 Å². The van der Waals surface area contributed by atoms with Crippen LogP contribution in [0.25, 0.3) is 0 Å². The van der Waals surface area contributed by atoms with Crippen LogP contribution in [-0.4, -0.2) is 12.5 Å². The van der Waals surface area contributed by atoms with Crippen LogP contribution in [0.5, 0.6) is 0 Å². The van der Waals surface area contributed by atoms with Crippen molar-refractivity contribution in [1.29, 1.82) is 0 Å². The molecule has 0 bridgehead atoms. The van der Waals surface area contributed by atoms with Gasteiger partial charge in [0, 0.05) is 13.0 Å². The number of nitrogens with one attached hydrogen (secondary N) is 1. The summed E-state index contributed by atoms with van der Waals surface area (Å²) in [6.45, 7) is 8.90. The van der Waals surface area contributed by atoms with Crippen LogP contribution in [-0.2, 0) is 4.79 Å². The van der Waals surface area contributed by atoms with E-state index in [1.165, 1.54) is 6.42 Å². The Bertz CT molecular complexity index is 145. The lowest BCUT2D eigenvalue weighted by Crippen LogP contribution is -2.27. The first-order valence-electron chi connectivity index (χ1n) is 5.76. The Labute approximate surface area is 88.5 Å². The van der Waals surface area contributed by atoms with Crippen molar-refractivity contribution >= 4 is 5.91 Å². The van der Waals surface area contributed by atoms with Gasteiger partial charge >= 0.3 is 0 Å². The number of carbonyl (C=O) groups is 1. The van der Waals surface area contributed by atoms with Crippen LogP contribution < -0.4 is 5.32 Å². The van der Waals surface area contributed by atoms with E-state index in [0.717, 1.165) is 32.2 Å². The van der Waals surface area contributed by atoms with Gasteiger partial charge in [-0.15, -0.1) is 0 Å². The van der Waals surface area contributed by atoms with Crippen molar-refractivity contribution < 1.29 is 4.79 Å². The van der Waals surface area contributed by atoms with E-state index < -0.39 is 0 Å². The summed E-state index contributed by atoms with van der Waals surface area (Å²) in [6, 6.07) is 0. The smallest absolute Gasteiger partial charge is 0.220 e. The highest BCUT2D eigenvalue weighted by atomic mass is 16.1. The average molecular weight is 198 g/mol. The predicted octanol–water partition coefficient (Wildman–Crippen LogP) is 2.93. The molecular formula is C12H24NO. The standard InChI is InChI=1S/C12H24NO/c1-4-6-7-9-12(14)13-10-11(3)8-5-2/h11H,2,4-10H2,1,3H3,(H,13,14). The molecule has 14 heavy (non-hydrogen) atoms. The summed E-state index contributed by atoms with van der Waals surface area (Å²) in [5.41, 5.74) is 0. The molecule has 1 amide bonds. The van der Waals surface area contributed by atoms with Crippen LogP contribution in [0.15, 0.2) is 0 Å². The molecule has 0 aromatic carbocycles. The zero-order chi connectivity index (χ0) is 10.8. The highest BCUT2D eigenvalue weighted by Crippen LogP contribution is 2.03. The van der Waals surface area contributed by atoms with Crippen LogP contribution in [0, 0.1) is 12.8 Å². The summed E-state index contributed by atoms with van der Waals surface area (Å²) in [5, 5.41) is 2.96. The lowest BCUT2D eigenvalue weighted by atomic mass is 10.1. The van der Waals surface area contributed by atoms with Gasteiger partial charge in [0.25, 0.3) is 0 Å². The largest absolute Gasteiger partial charge is 0.356 e. The zero-order valence-corrected chi connectivity index (χ0v) is 9.64. The molecule has 0 aliphatic heterocycles. The van der Waals surface area contributed by atoms with Gasteiger partial charge in [-0.25, -0.2) is 0 Å². The minimum atomic E-state index is 0.203. The molecule has 1 N–H and O–H groups in total. The Morgan fingerprint density at radius 2 is 2.14 bits per heavy atom. The van der Waals surface area contributed by atoms with Crippen molar-refractivity contribution in [2.45, 2.75) is 52.4 Å². The monoisotopic (exact) mass is 198 g/mol. The van der Waals surface area contributed by atoms with Crippen LogP contribution >= 0.6 is 0 Å². The summed E-state index contributed by atoms with van der Waals surface area (Å²) in [4.78, 5) is 11.3. The Balaban J connectivity index is 3.34. The fourth-order valence-corrected chi connectivity index (χ4v) is 1.36. The summed E-state index contributed by atoms with van der Waals surface area (Å²) in [5.74, 6) is 0.761. The third-order valence-corrected chi connectivity index (χ3v) is 2.35. The molecule has 2 nitrogen and oxygen atoms in total. The van der Waals surface area contributed by atoms with E-state index in [0.29, 0.717) is 12.3 Å². The van der Waals surface area contributed by atoms with Crippen molar-refractivity contribution in [3.63, 3.8) is 0 Å². The van der Waals surface area contributed by atoms with Gasteiger partial charge in [-0.3, -0.25) is 4.79 Å². The molecule has 1 unspecified atom stereocenters. The zero-order valence-electron chi connectivity index (χ0n) is 9.64. The quantitative estimate of drug-likeness (QED) is 0.597. The predicted molar refractivity (Wildman–Crippen MR) is 60.9 cm³/mol. The van der Waals surface area contributed by atoms with E-state index in [4.69, 9.17) is 0 Å². The van der Waals surface area contributed by atoms with Gasteiger partial charge in [-0.1, -0.05) is 40.0 Å². The molecule has 0 rings (SSSR count). The maximum Gasteiger partial charge on any atom is 0.220 e. The molecule has 1 radical (unpaired) electrons.